The number of carbonyl (C=O) groups excluding carboxylic acids is 1. The summed E-state index contributed by atoms with van der Waals surface area (Å²) in [5, 5.41) is 6.00. The fourth-order valence-electron chi connectivity index (χ4n) is 2.46. The smallest absolute Gasteiger partial charge is 0.253 e. The van der Waals surface area contributed by atoms with Gasteiger partial charge in [-0.05, 0) is 47.5 Å². The zero-order valence-electron chi connectivity index (χ0n) is 14.9. The van der Waals surface area contributed by atoms with Gasteiger partial charge in [0.1, 0.15) is 17.4 Å². The van der Waals surface area contributed by atoms with E-state index in [1.54, 1.807) is 31.4 Å². The number of rotatable bonds is 7. The minimum absolute atomic E-state index is 0.228. The number of carbonyl (C=O) groups is 1. The number of hydrogen-bond acceptors (Lipinski definition) is 4. The van der Waals surface area contributed by atoms with Crippen LogP contribution in [0.4, 0.5) is 10.2 Å². The van der Waals surface area contributed by atoms with Crippen LogP contribution in [0, 0.1) is 5.82 Å². The Morgan fingerprint density at radius 2 is 1.63 bits per heavy atom. The summed E-state index contributed by atoms with van der Waals surface area (Å²) in [6, 6.07) is 17.2. The number of aromatic nitrogens is 1. The third-order valence-electron chi connectivity index (χ3n) is 4.02. The molecule has 0 saturated carbocycles. The van der Waals surface area contributed by atoms with Crippen molar-refractivity contribution in [2.24, 2.45) is 0 Å². The molecule has 0 bridgehead atoms. The Hall–Kier alpha value is -3.41. The Balaban J connectivity index is 1.51. The maximum atomic E-state index is 12.9. The second-order valence-corrected chi connectivity index (χ2v) is 5.94. The largest absolute Gasteiger partial charge is 0.497 e. The number of nitrogens with one attached hydrogen (secondary N) is 2. The summed E-state index contributed by atoms with van der Waals surface area (Å²) in [5.74, 6) is 0.967. The van der Waals surface area contributed by atoms with Crippen molar-refractivity contribution in [2.45, 2.75) is 13.1 Å². The van der Waals surface area contributed by atoms with E-state index < -0.39 is 0 Å². The molecular formula is C21H20FN3O2. The van der Waals surface area contributed by atoms with Crippen molar-refractivity contribution in [2.75, 3.05) is 12.4 Å². The molecule has 1 heterocycles. The molecule has 0 aliphatic rings. The minimum atomic E-state index is -0.299. The highest BCUT2D eigenvalue weighted by Gasteiger charge is 2.06. The molecule has 0 fully saturated rings. The van der Waals surface area contributed by atoms with Crippen molar-refractivity contribution in [3.05, 3.63) is 89.4 Å². The number of benzene rings is 2. The second-order valence-electron chi connectivity index (χ2n) is 5.94. The van der Waals surface area contributed by atoms with E-state index in [1.165, 1.54) is 18.3 Å². The topological polar surface area (TPSA) is 63.2 Å². The van der Waals surface area contributed by atoms with Gasteiger partial charge >= 0.3 is 0 Å². The highest BCUT2D eigenvalue weighted by molar-refractivity contribution is 5.94. The van der Waals surface area contributed by atoms with Crippen LogP contribution in [0.3, 0.4) is 0 Å². The molecule has 0 aliphatic carbocycles. The van der Waals surface area contributed by atoms with Gasteiger partial charge in [-0.3, -0.25) is 4.79 Å². The molecular weight excluding hydrogens is 345 g/mol. The number of anilines is 1. The Bertz CT molecular complexity index is 879. The van der Waals surface area contributed by atoms with Gasteiger partial charge in [0.25, 0.3) is 5.91 Å². The third kappa shape index (κ3) is 5.28. The minimum Gasteiger partial charge on any atom is -0.497 e. The zero-order chi connectivity index (χ0) is 19.1. The van der Waals surface area contributed by atoms with Crippen LogP contribution in [0.1, 0.15) is 21.5 Å². The molecule has 0 aliphatic heterocycles. The van der Waals surface area contributed by atoms with Crippen LogP contribution >= 0.6 is 0 Å². The van der Waals surface area contributed by atoms with Gasteiger partial charge in [0, 0.05) is 19.3 Å². The van der Waals surface area contributed by atoms with E-state index in [0.29, 0.717) is 24.5 Å². The van der Waals surface area contributed by atoms with Gasteiger partial charge in [-0.25, -0.2) is 9.37 Å². The molecule has 0 saturated heterocycles. The number of pyridine rings is 1. The monoisotopic (exact) mass is 365 g/mol. The number of nitrogens with zero attached hydrogens (tertiary/aromatic N) is 1. The highest BCUT2D eigenvalue weighted by atomic mass is 19.1. The standard InChI is InChI=1S/C21H20FN3O2/c1-27-19-9-4-16(5-10-19)12-23-20-11-6-17(14-24-20)21(26)25-13-15-2-7-18(22)8-3-15/h2-11,14H,12-13H2,1H3,(H,23,24)(H,25,26). The number of ether oxygens (including phenoxy) is 1. The average molecular weight is 365 g/mol. The first-order valence-corrected chi connectivity index (χ1v) is 8.49. The van der Waals surface area contributed by atoms with E-state index >= 15 is 0 Å². The maximum Gasteiger partial charge on any atom is 0.253 e. The molecule has 0 atom stereocenters. The predicted molar refractivity (Wildman–Crippen MR) is 102 cm³/mol. The van der Waals surface area contributed by atoms with Crippen LogP contribution in [0.5, 0.6) is 5.75 Å². The van der Waals surface area contributed by atoms with Crippen molar-refractivity contribution < 1.29 is 13.9 Å². The normalized spacial score (nSPS) is 10.3. The number of amides is 1. The van der Waals surface area contributed by atoms with Gasteiger partial charge in [-0.2, -0.15) is 0 Å². The van der Waals surface area contributed by atoms with Crippen molar-refractivity contribution >= 4 is 11.7 Å². The first-order chi connectivity index (χ1) is 13.1. The van der Waals surface area contributed by atoms with E-state index in [2.05, 4.69) is 15.6 Å². The molecule has 5 nitrogen and oxygen atoms in total. The summed E-state index contributed by atoms with van der Waals surface area (Å²) < 4.78 is 18.0. The van der Waals surface area contributed by atoms with Crippen LogP contribution in [0.2, 0.25) is 0 Å². The number of halogens is 1. The van der Waals surface area contributed by atoms with E-state index in [4.69, 9.17) is 4.74 Å². The zero-order valence-corrected chi connectivity index (χ0v) is 14.9. The Kier molecular flexibility index (Phi) is 5.99. The molecule has 138 valence electrons. The molecule has 0 radical (unpaired) electrons. The molecule has 2 aromatic carbocycles. The summed E-state index contributed by atoms with van der Waals surface area (Å²) in [6.45, 7) is 0.948. The summed E-state index contributed by atoms with van der Waals surface area (Å²) in [7, 11) is 1.63. The van der Waals surface area contributed by atoms with Gasteiger partial charge in [-0.15, -0.1) is 0 Å². The first kappa shape index (κ1) is 18.4. The third-order valence-corrected chi connectivity index (χ3v) is 4.02. The fraction of sp³-hybridized carbons (Fsp3) is 0.143. The molecule has 3 rings (SSSR count). The van der Waals surface area contributed by atoms with Gasteiger partial charge in [0.15, 0.2) is 0 Å². The fourth-order valence-corrected chi connectivity index (χ4v) is 2.46. The van der Waals surface area contributed by atoms with Crippen molar-refractivity contribution in [1.29, 1.82) is 0 Å². The van der Waals surface area contributed by atoms with Crippen molar-refractivity contribution in [1.82, 2.24) is 10.3 Å². The molecule has 6 heteroatoms. The first-order valence-electron chi connectivity index (χ1n) is 8.49. The Labute approximate surface area is 157 Å². The summed E-state index contributed by atoms with van der Waals surface area (Å²) in [5.41, 5.74) is 2.39. The molecule has 0 spiro atoms. The van der Waals surface area contributed by atoms with Crippen LogP contribution < -0.4 is 15.4 Å². The SMILES string of the molecule is COc1ccc(CNc2ccc(C(=O)NCc3ccc(F)cc3)cn2)cc1. The van der Waals surface area contributed by atoms with E-state index in [9.17, 15) is 9.18 Å². The average Bonchev–Trinajstić information content (AvgIpc) is 2.72. The second kappa shape index (κ2) is 8.80. The van der Waals surface area contributed by atoms with Gasteiger partial charge in [0.2, 0.25) is 0 Å². The summed E-state index contributed by atoms with van der Waals surface area (Å²) in [6.07, 6.45) is 1.52. The molecule has 0 unspecified atom stereocenters. The summed E-state index contributed by atoms with van der Waals surface area (Å²) in [4.78, 5) is 16.4. The van der Waals surface area contributed by atoms with Gasteiger partial charge < -0.3 is 15.4 Å². The van der Waals surface area contributed by atoms with Crippen molar-refractivity contribution in [3.8, 4) is 5.75 Å². The van der Waals surface area contributed by atoms with E-state index in [0.717, 1.165) is 16.9 Å². The highest BCUT2D eigenvalue weighted by Crippen LogP contribution is 2.13. The lowest BCUT2D eigenvalue weighted by molar-refractivity contribution is 0.0950. The Morgan fingerprint density at radius 3 is 2.26 bits per heavy atom. The molecule has 2 N–H and O–H groups in total. The van der Waals surface area contributed by atoms with Gasteiger partial charge in [0.05, 0.1) is 12.7 Å². The van der Waals surface area contributed by atoms with Crippen LogP contribution in [0.25, 0.3) is 0 Å². The van der Waals surface area contributed by atoms with Crippen LogP contribution in [0.15, 0.2) is 66.9 Å². The van der Waals surface area contributed by atoms with Gasteiger partial charge in [-0.1, -0.05) is 24.3 Å². The quantitative estimate of drug-likeness (QED) is 0.669. The molecule has 3 aromatic rings. The maximum absolute atomic E-state index is 12.9. The lowest BCUT2D eigenvalue weighted by Gasteiger charge is -2.08. The lowest BCUT2D eigenvalue weighted by Crippen LogP contribution is -2.22. The number of methoxy groups -OCH3 is 1. The molecule has 1 amide bonds. The van der Waals surface area contributed by atoms with E-state index in [1.807, 2.05) is 24.3 Å². The molecule has 27 heavy (non-hydrogen) atoms. The van der Waals surface area contributed by atoms with Crippen LogP contribution in [-0.2, 0) is 13.1 Å². The lowest BCUT2D eigenvalue weighted by atomic mass is 10.2. The number of hydrogen-bond donors (Lipinski definition) is 2. The summed E-state index contributed by atoms with van der Waals surface area (Å²) >= 11 is 0. The van der Waals surface area contributed by atoms with Crippen LogP contribution in [-0.4, -0.2) is 18.0 Å². The Morgan fingerprint density at radius 1 is 0.963 bits per heavy atom. The van der Waals surface area contributed by atoms with E-state index in [-0.39, 0.29) is 11.7 Å². The predicted octanol–water partition coefficient (Wildman–Crippen LogP) is 3.77. The molecule has 1 aromatic heterocycles. The van der Waals surface area contributed by atoms with Crippen molar-refractivity contribution in [3.63, 3.8) is 0 Å².